The van der Waals surface area contributed by atoms with Crippen LogP contribution in [0.25, 0.3) is 0 Å². The van der Waals surface area contributed by atoms with Gasteiger partial charge in [0.15, 0.2) is 15.6 Å². The molecule has 1 atom stereocenters. The predicted molar refractivity (Wildman–Crippen MR) is 143 cm³/mol. The van der Waals surface area contributed by atoms with Crippen molar-refractivity contribution < 1.29 is 18.0 Å². The molecule has 3 N–H and O–H groups in total. The lowest BCUT2D eigenvalue weighted by Gasteiger charge is -2.17. The molecular formula is C28H34N4O4S. The molecule has 196 valence electrons. The second-order valence-corrected chi connectivity index (χ2v) is 11.3. The van der Waals surface area contributed by atoms with Crippen molar-refractivity contribution in [2.75, 3.05) is 12.3 Å². The van der Waals surface area contributed by atoms with Crippen molar-refractivity contribution in [2.24, 2.45) is 11.7 Å². The van der Waals surface area contributed by atoms with E-state index in [1.807, 2.05) is 37.3 Å². The summed E-state index contributed by atoms with van der Waals surface area (Å²) in [5, 5.41) is 2.67. The van der Waals surface area contributed by atoms with E-state index in [0.29, 0.717) is 31.4 Å². The monoisotopic (exact) mass is 522 g/mol. The third-order valence-corrected chi connectivity index (χ3v) is 7.81. The van der Waals surface area contributed by atoms with Crippen molar-refractivity contribution in [3.8, 4) is 0 Å². The highest BCUT2D eigenvalue weighted by atomic mass is 32.2. The minimum atomic E-state index is -3.60. The summed E-state index contributed by atoms with van der Waals surface area (Å²) in [6.07, 6.45) is 6.28. The molecule has 0 fully saturated rings. The van der Waals surface area contributed by atoms with Crippen molar-refractivity contribution in [2.45, 2.75) is 44.9 Å². The number of hydrogen-bond acceptors (Lipinski definition) is 7. The van der Waals surface area contributed by atoms with Crippen molar-refractivity contribution in [1.29, 1.82) is 0 Å². The van der Waals surface area contributed by atoms with E-state index in [-0.39, 0.29) is 30.3 Å². The number of Topliss-reactive ketones (excluding diaryl/α,β-unsaturated/α-hetero) is 1. The maximum absolute atomic E-state index is 13.0. The maximum atomic E-state index is 13.0. The zero-order valence-corrected chi connectivity index (χ0v) is 21.9. The quantitative estimate of drug-likeness (QED) is 0.333. The van der Waals surface area contributed by atoms with Crippen LogP contribution in [0.2, 0.25) is 0 Å². The van der Waals surface area contributed by atoms with E-state index in [9.17, 15) is 18.0 Å². The first-order valence-corrected chi connectivity index (χ1v) is 14.1. The molecule has 1 amide bonds. The number of rotatable bonds is 14. The first-order valence-electron chi connectivity index (χ1n) is 12.3. The minimum Gasteiger partial charge on any atom is -0.349 e. The molecule has 1 unspecified atom stereocenters. The molecule has 9 heteroatoms. The summed E-state index contributed by atoms with van der Waals surface area (Å²) < 4.78 is 25.8. The van der Waals surface area contributed by atoms with Crippen molar-refractivity contribution >= 4 is 21.5 Å². The number of carbonyl (C=O) groups excluding carboxylic acids is 2. The maximum Gasteiger partial charge on any atom is 0.224 e. The molecule has 37 heavy (non-hydrogen) atoms. The Labute approximate surface area is 218 Å². The lowest BCUT2D eigenvalue weighted by atomic mass is 9.99. The number of aromatic nitrogens is 2. The Hall–Kier alpha value is -3.43. The number of pyridine rings is 2. The standard InChI is InChI=1S/C28H34N4O4S/c1-21-7-8-24(16-29)23(15-21)10-12-27(33)18-32-28(34)25(9-11-26-6-2-3-14-31-26)20-37(35,36)19-22-5-4-13-30-17-22/h2-8,13-15,17,25H,9-12,16,18-20,29H2,1H3,(H,32,34). The van der Waals surface area contributed by atoms with Gasteiger partial charge in [0.25, 0.3) is 0 Å². The Morgan fingerprint density at radius 3 is 2.57 bits per heavy atom. The summed E-state index contributed by atoms with van der Waals surface area (Å²) in [5.41, 5.74) is 10.3. The van der Waals surface area contributed by atoms with Gasteiger partial charge in [-0.1, -0.05) is 35.9 Å². The molecule has 2 heterocycles. The number of nitrogens with two attached hydrogens (primary N) is 1. The number of aryl methyl sites for hydroxylation is 3. The Kier molecular flexibility index (Phi) is 10.5. The van der Waals surface area contributed by atoms with Gasteiger partial charge in [-0.15, -0.1) is 0 Å². The molecule has 8 nitrogen and oxygen atoms in total. The van der Waals surface area contributed by atoms with Crippen LogP contribution in [0.1, 0.15) is 40.8 Å². The van der Waals surface area contributed by atoms with Crippen LogP contribution in [0.15, 0.2) is 67.1 Å². The fourth-order valence-electron chi connectivity index (χ4n) is 4.14. The van der Waals surface area contributed by atoms with Crippen LogP contribution in [-0.4, -0.2) is 42.4 Å². The molecule has 0 aliphatic carbocycles. The SMILES string of the molecule is Cc1ccc(CN)c(CCC(=O)CNC(=O)C(CCc2ccccn2)CS(=O)(=O)Cc2cccnc2)c1. The molecule has 3 aromatic rings. The summed E-state index contributed by atoms with van der Waals surface area (Å²) in [5.74, 6) is -1.90. The fourth-order valence-corrected chi connectivity index (χ4v) is 5.87. The number of amides is 1. The fraction of sp³-hybridized carbons (Fsp3) is 0.357. The van der Waals surface area contributed by atoms with Crippen LogP contribution in [0.3, 0.4) is 0 Å². The first kappa shape index (κ1) is 28.1. The van der Waals surface area contributed by atoms with Crippen LogP contribution in [0.5, 0.6) is 0 Å². The van der Waals surface area contributed by atoms with Gasteiger partial charge in [0.05, 0.1) is 24.0 Å². The van der Waals surface area contributed by atoms with Gasteiger partial charge in [-0.05, 0) is 61.1 Å². The highest BCUT2D eigenvalue weighted by molar-refractivity contribution is 7.90. The Morgan fingerprint density at radius 1 is 1.03 bits per heavy atom. The number of benzene rings is 1. The molecule has 0 bridgehead atoms. The molecule has 2 aromatic heterocycles. The number of carbonyl (C=O) groups is 2. The third-order valence-electron chi connectivity index (χ3n) is 6.13. The predicted octanol–water partition coefficient (Wildman–Crippen LogP) is 2.73. The number of nitrogens with zero attached hydrogens (tertiary/aromatic N) is 2. The number of hydrogen-bond donors (Lipinski definition) is 2. The summed E-state index contributed by atoms with van der Waals surface area (Å²) in [4.78, 5) is 33.8. The van der Waals surface area contributed by atoms with E-state index in [4.69, 9.17) is 5.73 Å². The second kappa shape index (κ2) is 13.8. The molecule has 0 saturated heterocycles. The molecule has 0 aliphatic heterocycles. The summed E-state index contributed by atoms with van der Waals surface area (Å²) in [7, 11) is -3.60. The number of sulfone groups is 1. The lowest BCUT2D eigenvalue weighted by Crippen LogP contribution is -2.38. The first-order chi connectivity index (χ1) is 17.8. The van der Waals surface area contributed by atoms with Crippen LogP contribution < -0.4 is 11.1 Å². The van der Waals surface area contributed by atoms with Crippen LogP contribution in [0.4, 0.5) is 0 Å². The van der Waals surface area contributed by atoms with E-state index >= 15 is 0 Å². The topological polar surface area (TPSA) is 132 Å². The van der Waals surface area contributed by atoms with Gasteiger partial charge in [0.1, 0.15) is 0 Å². The van der Waals surface area contributed by atoms with Crippen LogP contribution in [0, 0.1) is 12.8 Å². The minimum absolute atomic E-state index is 0.125. The van der Waals surface area contributed by atoms with Crippen molar-refractivity contribution in [3.05, 3.63) is 95.1 Å². The van der Waals surface area contributed by atoms with E-state index in [2.05, 4.69) is 15.3 Å². The highest BCUT2D eigenvalue weighted by Crippen LogP contribution is 2.16. The number of ketones is 1. The smallest absolute Gasteiger partial charge is 0.224 e. The summed E-state index contributed by atoms with van der Waals surface area (Å²) >= 11 is 0. The molecule has 3 rings (SSSR count). The third kappa shape index (κ3) is 9.51. The van der Waals surface area contributed by atoms with Gasteiger partial charge >= 0.3 is 0 Å². The largest absolute Gasteiger partial charge is 0.349 e. The average molecular weight is 523 g/mol. The van der Waals surface area contributed by atoms with Crippen LogP contribution >= 0.6 is 0 Å². The molecular weight excluding hydrogens is 488 g/mol. The van der Waals surface area contributed by atoms with E-state index in [1.165, 1.54) is 6.20 Å². The highest BCUT2D eigenvalue weighted by Gasteiger charge is 2.26. The summed E-state index contributed by atoms with van der Waals surface area (Å²) in [6, 6.07) is 14.8. The molecule has 0 spiro atoms. The van der Waals surface area contributed by atoms with Gasteiger partial charge in [-0.25, -0.2) is 8.42 Å². The molecule has 0 aliphatic rings. The van der Waals surface area contributed by atoms with E-state index < -0.39 is 21.7 Å². The molecule has 0 radical (unpaired) electrons. The van der Waals surface area contributed by atoms with Crippen molar-refractivity contribution in [3.63, 3.8) is 0 Å². The van der Waals surface area contributed by atoms with Gasteiger partial charge in [0.2, 0.25) is 5.91 Å². The van der Waals surface area contributed by atoms with Gasteiger partial charge in [-0.3, -0.25) is 19.6 Å². The Morgan fingerprint density at radius 2 is 1.86 bits per heavy atom. The van der Waals surface area contributed by atoms with Gasteiger partial charge in [0, 0.05) is 37.3 Å². The van der Waals surface area contributed by atoms with Gasteiger partial charge in [-0.2, -0.15) is 0 Å². The second-order valence-electron chi connectivity index (χ2n) is 9.21. The van der Waals surface area contributed by atoms with E-state index in [0.717, 1.165) is 22.4 Å². The lowest BCUT2D eigenvalue weighted by molar-refractivity contribution is -0.127. The molecule has 1 aromatic carbocycles. The summed E-state index contributed by atoms with van der Waals surface area (Å²) in [6.45, 7) is 2.23. The zero-order valence-electron chi connectivity index (χ0n) is 21.1. The zero-order chi connectivity index (χ0) is 26.7. The number of nitrogens with one attached hydrogen (secondary N) is 1. The Balaban J connectivity index is 1.61. The average Bonchev–Trinajstić information content (AvgIpc) is 2.89. The van der Waals surface area contributed by atoms with Gasteiger partial charge < -0.3 is 11.1 Å². The Bertz CT molecular complexity index is 1280. The van der Waals surface area contributed by atoms with Crippen molar-refractivity contribution in [1.82, 2.24) is 15.3 Å². The molecule has 0 saturated carbocycles. The normalized spacial score (nSPS) is 12.2. The van der Waals surface area contributed by atoms with Crippen LogP contribution in [-0.2, 0) is 44.6 Å². The van der Waals surface area contributed by atoms with E-state index in [1.54, 1.807) is 30.6 Å².